The Morgan fingerprint density at radius 1 is 0.919 bits per heavy atom. The predicted molar refractivity (Wildman–Crippen MR) is 149 cm³/mol. The summed E-state index contributed by atoms with van der Waals surface area (Å²) in [6.07, 6.45) is 3.25. The Hall–Kier alpha value is -3.64. The second-order valence-corrected chi connectivity index (χ2v) is 10.0. The molecule has 1 aliphatic heterocycles. The lowest BCUT2D eigenvalue weighted by Gasteiger charge is -2.35. The quantitative estimate of drug-likeness (QED) is 0.390. The van der Waals surface area contributed by atoms with Gasteiger partial charge in [-0.1, -0.05) is 60.7 Å². The molecule has 0 aliphatic carbocycles. The number of rotatable bonds is 10. The highest BCUT2D eigenvalue weighted by atomic mass is 16.5. The summed E-state index contributed by atoms with van der Waals surface area (Å²) in [5, 5.41) is 5.89. The summed E-state index contributed by atoms with van der Waals surface area (Å²) in [6.45, 7) is 6.01. The van der Waals surface area contributed by atoms with Gasteiger partial charge in [-0.05, 0) is 68.4 Å². The number of nitrogens with one attached hydrogen (secondary N) is 2. The average molecular weight is 500 g/mol. The van der Waals surface area contributed by atoms with Crippen LogP contribution >= 0.6 is 0 Å². The zero-order valence-electron chi connectivity index (χ0n) is 21.8. The van der Waals surface area contributed by atoms with Gasteiger partial charge in [-0.3, -0.25) is 9.59 Å². The Labute approximate surface area is 220 Å². The van der Waals surface area contributed by atoms with Gasteiger partial charge in [0.2, 0.25) is 5.91 Å². The fourth-order valence-electron chi connectivity index (χ4n) is 4.77. The number of benzene rings is 3. The molecule has 2 N–H and O–H groups in total. The maximum absolute atomic E-state index is 13.1. The van der Waals surface area contributed by atoms with Crippen LogP contribution in [0.5, 0.6) is 0 Å². The zero-order chi connectivity index (χ0) is 26.0. The first-order valence-corrected chi connectivity index (χ1v) is 13.1. The molecule has 1 saturated heterocycles. The predicted octanol–water partition coefficient (Wildman–Crippen LogP) is 5.44. The lowest BCUT2D eigenvalue weighted by molar-refractivity contribution is -0.121. The van der Waals surface area contributed by atoms with Crippen LogP contribution in [0.4, 0.5) is 11.4 Å². The Morgan fingerprint density at radius 2 is 1.57 bits per heavy atom. The minimum absolute atomic E-state index is 0.0154. The molecule has 0 atom stereocenters. The van der Waals surface area contributed by atoms with E-state index in [1.165, 1.54) is 5.56 Å². The highest BCUT2D eigenvalue weighted by Crippen LogP contribution is 2.30. The first-order chi connectivity index (χ1) is 18.0. The summed E-state index contributed by atoms with van der Waals surface area (Å²) in [5.74, 6) is 0.259. The smallest absolute Gasteiger partial charge is 0.253 e. The molecule has 1 fully saturated rings. The third-order valence-electron chi connectivity index (χ3n) is 6.61. The molecular weight excluding hydrogens is 462 g/mol. The van der Waals surface area contributed by atoms with Crippen molar-refractivity contribution in [2.75, 3.05) is 29.9 Å². The van der Waals surface area contributed by atoms with Gasteiger partial charge in [-0.25, -0.2) is 0 Å². The molecule has 194 valence electrons. The lowest BCUT2D eigenvalue weighted by Crippen LogP contribution is -2.37. The molecule has 0 aromatic heterocycles. The Balaban J connectivity index is 1.39. The van der Waals surface area contributed by atoms with Crippen molar-refractivity contribution < 1.29 is 14.3 Å². The molecule has 3 aromatic carbocycles. The van der Waals surface area contributed by atoms with Crippen LogP contribution in [0, 0.1) is 5.92 Å². The van der Waals surface area contributed by atoms with Crippen molar-refractivity contribution in [1.82, 2.24) is 5.32 Å². The SMILES string of the molecule is CC(C)NC(=O)c1cc(NC(=O)COCc2ccccc2)ccc1N1CCC(Cc2ccccc2)CC1. The number of hydrogen-bond acceptors (Lipinski definition) is 4. The highest BCUT2D eigenvalue weighted by Gasteiger charge is 2.24. The van der Waals surface area contributed by atoms with Crippen LogP contribution in [0.25, 0.3) is 0 Å². The standard InChI is InChI=1S/C31H37N3O3/c1-23(2)32-31(36)28-20-27(33-30(35)22-37-21-26-11-7-4-8-12-26)13-14-29(28)34-17-15-25(16-18-34)19-24-9-5-3-6-10-24/h3-14,20,23,25H,15-19,21-22H2,1-2H3,(H,32,36)(H,33,35). The van der Waals surface area contributed by atoms with Crippen molar-refractivity contribution >= 4 is 23.2 Å². The van der Waals surface area contributed by atoms with Crippen molar-refractivity contribution in [1.29, 1.82) is 0 Å². The maximum Gasteiger partial charge on any atom is 0.253 e. The van der Waals surface area contributed by atoms with Gasteiger partial charge in [-0.2, -0.15) is 0 Å². The number of hydrogen-bond donors (Lipinski definition) is 2. The fraction of sp³-hybridized carbons (Fsp3) is 0.355. The van der Waals surface area contributed by atoms with E-state index in [2.05, 4.69) is 45.9 Å². The molecule has 6 heteroatoms. The topological polar surface area (TPSA) is 70.7 Å². The molecule has 1 aliphatic rings. The first kappa shape index (κ1) is 26.4. The third kappa shape index (κ3) is 7.92. The molecule has 0 saturated carbocycles. The van der Waals surface area contributed by atoms with Gasteiger partial charge in [0.1, 0.15) is 6.61 Å². The van der Waals surface area contributed by atoms with Gasteiger partial charge in [0.25, 0.3) is 5.91 Å². The van der Waals surface area contributed by atoms with E-state index in [1.54, 1.807) is 6.07 Å². The van der Waals surface area contributed by atoms with Gasteiger partial charge >= 0.3 is 0 Å². The molecule has 0 unspecified atom stereocenters. The Bertz CT molecular complexity index is 1160. The van der Waals surface area contributed by atoms with E-state index in [1.807, 2.05) is 56.3 Å². The summed E-state index contributed by atoms with van der Waals surface area (Å²) in [7, 11) is 0. The average Bonchev–Trinajstić information content (AvgIpc) is 2.90. The number of nitrogens with zero attached hydrogens (tertiary/aromatic N) is 1. The Morgan fingerprint density at radius 3 is 2.22 bits per heavy atom. The van der Waals surface area contributed by atoms with Gasteiger partial charge < -0.3 is 20.3 Å². The molecule has 0 spiro atoms. The number of ether oxygens (including phenoxy) is 1. The van der Waals surface area contributed by atoms with Gasteiger partial charge in [-0.15, -0.1) is 0 Å². The molecule has 0 bridgehead atoms. The van der Waals surface area contributed by atoms with Crippen LogP contribution < -0.4 is 15.5 Å². The molecule has 2 amide bonds. The number of piperidine rings is 1. The fourth-order valence-corrected chi connectivity index (χ4v) is 4.77. The Kier molecular flexibility index (Phi) is 9.33. The van der Waals surface area contributed by atoms with Crippen molar-refractivity contribution in [2.45, 2.75) is 45.8 Å². The molecule has 6 nitrogen and oxygen atoms in total. The second-order valence-electron chi connectivity index (χ2n) is 10.0. The van der Waals surface area contributed by atoms with Crippen LogP contribution in [-0.4, -0.2) is 37.6 Å². The van der Waals surface area contributed by atoms with E-state index in [4.69, 9.17) is 4.74 Å². The van der Waals surface area contributed by atoms with E-state index < -0.39 is 0 Å². The minimum Gasteiger partial charge on any atom is -0.371 e. The lowest BCUT2D eigenvalue weighted by atomic mass is 9.89. The third-order valence-corrected chi connectivity index (χ3v) is 6.61. The summed E-state index contributed by atoms with van der Waals surface area (Å²) in [5.41, 5.74) is 4.48. The summed E-state index contributed by atoms with van der Waals surface area (Å²) >= 11 is 0. The first-order valence-electron chi connectivity index (χ1n) is 13.1. The van der Waals surface area contributed by atoms with Crippen LogP contribution in [0.2, 0.25) is 0 Å². The van der Waals surface area contributed by atoms with Crippen molar-refractivity contribution in [3.63, 3.8) is 0 Å². The number of amides is 2. The normalized spacial score (nSPS) is 14.0. The largest absolute Gasteiger partial charge is 0.371 e. The van der Waals surface area contributed by atoms with Gasteiger partial charge in [0, 0.05) is 30.5 Å². The van der Waals surface area contributed by atoms with Gasteiger partial charge in [0.15, 0.2) is 0 Å². The van der Waals surface area contributed by atoms with Crippen molar-refractivity contribution in [3.8, 4) is 0 Å². The molecule has 1 heterocycles. The monoisotopic (exact) mass is 499 g/mol. The summed E-state index contributed by atoms with van der Waals surface area (Å²) in [4.78, 5) is 27.9. The zero-order valence-corrected chi connectivity index (χ0v) is 21.8. The molecule has 37 heavy (non-hydrogen) atoms. The van der Waals surface area contributed by atoms with Crippen molar-refractivity contribution in [2.24, 2.45) is 5.92 Å². The number of carbonyl (C=O) groups excluding carboxylic acids is 2. The molecular formula is C31H37N3O3. The maximum atomic E-state index is 13.1. The van der Waals surface area contributed by atoms with E-state index in [-0.39, 0.29) is 24.5 Å². The molecule has 3 aromatic rings. The number of anilines is 2. The van der Waals surface area contributed by atoms with E-state index in [0.717, 1.165) is 43.6 Å². The second kappa shape index (κ2) is 13.1. The number of carbonyl (C=O) groups is 2. The molecule has 4 rings (SSSR count). The highest BCUT2D eigenvalue weighted by molar-refractivity contribution is 6.02. The van der Waals surface area contributed by atoms with E-state index in [9.17, 15) is 9.59 Å². The van der Waals surface area contributed by atoms with Crippen LogP contribution in [-0.2, 0) is 22.6 Å². The summed E-state index contributed by atoms with van der Waals surface area (Å²) in [6, 6.07) is 26.0. The van der Waals surface area contributed by atoms with Crippen LogP contribution in [0.1, 0.15) is 48.2 Å². The van der Waals surface area contributed by atoms with E-state index >= 15 is 0 Å². The summed E-state index contributed by atoms with van der Waals surface area (Å²) < 4.78 is 5.56. The van der Waals surface area contributed by atoms with Crippen LogP contribution in [0.3, 0.4) is 0 Å². The van der Waals surface area contributed by atoms with Crippen molar-refractivity contribution in [3.05, 3.63) is 95.6 Å². The molecule has 0 radical (unpaired) electrons. The van der Waals surface area contributed by atoms with E-state index in [0.29, 0.717) is 23.8 Å². The van der Waals surface area contributed by atoms with Crippen LogP contribution in [0.15, 0.2) is 78.9 Å². The van der Waals surface area contributed by atoms with Gasteiger partial charge in [0.05, 0.1) is 12.2 Å². The minimum atomic E-state index is -0.249.